The van der Waals surface area contributed by atoms with Crippen molar-refractivity contribution in [2.45, 2.75) is 32.2 Å². The number of nitrogens with one attached hydrogen (secondary N) is 1. The van der Waals surface area contributed by atoms with Gasteiger partial charge >= 0.3 is 0 Å². The van der Waals surface area contributed by atoms with Gasteiger partial charge in [-0.15, -0.1) is 0 Å². The zero-order valence-electron chi connectivity index (χ0n) is 9.95. The van der Waals surface area contributed by atoms with E-state index < -0.39 is 5.82 Å². The lowest BCUT2D eigenvalue weighted by Gasteiger charge is -2.16. The number of halogens is 1. The number of unbranched alkanes of at least 4 members (excludes halogenated alkanes) is 1. The first-order valence-electron chi connectivity index (χ1n) is 5.78. The smallest absolute Gasteiger partial charge is 0.253 e. The molecule has 0 aliphatic rings. The highest BCUT2D eigenvalue weighted by Crippen LogP contribution is 2.04. The summed E-state index contributed by atoms with van der Waals surface area (Å²) in [5, 5.41) is 2.77. The van der Waals surface area contributed by atoms with Gasteiger partial charge in [-0.25, -0.2) is 4.39 Å². The highest BCUT2D eigenvalue weighted by atomic mass is 19.1. The maximum atomic E-state index is 12.9. The van der Waals surface area contributed by atoms with Crippen LogP contribution in [-0.2, 0) is 0 Å². The van der Waals surface area contributed by atoms with Gasteiger partial charge in [-0.2, -0.15) is 0 Å². The lowest BCUT2D eigenvalue weighted by molar-refractivity contribution is 0.0935. The number of rotatable bonds is 6. The lowest BCUT2D eigenvalue weighted by atomic mass is 10.1. The molecule has 1 aromatic rings. The molecule has 0 aliphatic heterocycles. The molecule has 0 aromatic carbocycles. The number of nitrogens with two attached hydrogens (primary N) is 1. The predicted octanol–water partition coefficient (Wildman–Crippen LogP) is 1.47. The average molecular weight is 239 g/mol. The average Bonchev–Trinajstić information content (AvgIpc) is 2.34. The fourth-order valence-corrected chi connectivity index (χ4v) is 1.50. The number of carbonyl (C=O) groups is 1. The van der Waals surface area contributed by atoms with E-state index in [1.54, 1.807) is 0 Å². The number of aromatic nitrogens is 1. The standard InChI is InChI=1S/C12H18FN3O/c1-2-3-4-11(6-14)16-12(17)9-5-10(13)8-15-7-9/h5,7-8,11H,2-4,6,14H2,1H3,(H,16,17). The molecular formula is C12H18FN3O. The number of hydrogen-bond donors (Lipinski definition) is 2. The minimum Gasteiger partial charge on any atom is -0.348 e. The van der Waals surface area contributed by atoms with Crippen LogP contribution in [0.4, 0.5) is 4.39 Å². The molecule has 0 radical (unpaired) electrons. The summed E-state index contributed by atoms with van der Waals surface area (Å²) in [6.07, 6.45) is 5.29. The zero-order valence-corrected chi connectivity index (χ0v) is 9.95. The van der Waals surface area contributed by atoms with Crippen molar-refractivity contribution in [3.8, 4) is 0 Å². The molecule has 1 heterocycles. The molecule has 0 fully saturated rings. The summed E-state index contributed by atoms with van der Waals surface area (Å²) in [7, 11) is 0. The molecule has 1 aromatic heterocycles. The van der Waals surface area contributed by atoms with E-state index in [4.69, 9.17) is 5.73 Å². The Bertz CT molecular complexity index is 371. The molecule has 0 saturated carbocycles. The third kappa shape index (κ3) is 4.48. The van der Waals surface area contributed by atoms with Crippen LogP contribution >= 0.6 is 0 Å². The molecule has 4 nitrogen and oxygen atoms in total. The van der Waals surface area contributed by atoms with Gasteiger partial charge < -0.3 is 11.1 Å². The van der Waals surface area contributed by atoms with Gasteiger partial charge in [0.15, 0.2) is 0 Å². The lowest BCUT2D eigenvalue weighted by Crippen LogP contribution is -2.40. The van der Waals surface area contributed by atoms with Crippen LogP contribution in [-0.4, -0.2) is 23.5 Å². The fraction of sp³-hybridized carbons (Fsp3) is 0.500. The Balaban J connectivity index is 2.58. The van der Waals surface area contributed by atoms with Gasteiger partial charge in [0.1, 0.15) is 5.82 Å². The Hall–Kier alpha value is -1.49. The molecule has 94 valence electrons. The van der Waals surface area contributed by atoms with E-state index in [-0.39, 0.29) is 17.5 Å². The summed E-state index contributed by atoms with van der Waals surface area (Å²) < 4.78 is 12.9. The maximum Gasteiger partial charge on any atom is 0.253 e. The second kappa shape index (κ2) is 6.96. The second-order valence-corrected chi connectivity index (χ2v) is 3.94. The van der Waals surface area contributed by atoms with E-state index in [1.165, 1.54) is 6.20 Å². The molecule has 1 amide bonds. The van der Waals surface area contributed by atoms with Crippen molar-refractivity contribution in [1.82, 2.24) is 10.3 Å². The molecule has 1 unspecified atom stereocenters. The van der Waals surface area contributed by atoms with Crippen LogP contribution in [0.2, 0.25) is 0 Å². The Morgan fingerprint density at radius 2 is 2.35 bits per heavy atom. The highest BCUT2D eigenvalue weighted by Gasteiger charge is 2.12. The number of carbonyl (C=O) groups excluding carboxylic acids is 1. The predicted molar refractivity (Wildman–Crippen MR) is 64.0 cm³/mol. The normalized spacial score (nSPS) is 12.2. The zero-order chi connectivity index (χ0) is 12.7. The van der Waals surface area contributed by atoms with Crippen LogP contribution in [0.3, 0.4) is 0 Å². The molecule has 1 atom stereocenters. The van der Waals surface area contributed by atoms with Crippen LogP contribution < -0.4 is 11.1 Å². The minimum absolute atomic E-state index is 0.0642. The van der Waals surface area contributed by atoms with Gasteiger partial charge in [0.05, 0.1) is 11.8 Å². The van der Waals surface area contributed by atoms with Crippen molar-refractivity contribution in [3.05, 3.63) is 29.8 Å². The highest BCUT2D eigenvalue weighted by molar-refractivity contribution is 5.94. The van der Waals surface area contributed by atoms with Gasteiger partial charge in [-0.1, -0.05) is 19.8 Å². The van der Waals surface area contributed by atoms with E-state index in [0.717, 1.165) is 31.5 Å². The first-order valence-corrected chi connectivity index (χ1v) is 5.78. The van der Waals surface area contributed by atoms with Crippen LogP contribution in [0.5, 0.6) is 0 Å². The quantitative estimate of drug-likeness (QED) is 0.789. The monoisotopic (exact) mass is 239 g/mol. The summed E-state index contributed by atoms with van der Waals surface area (Å²) in [6, 6.07) is 1.10. The first kappa shape index (κ1) is 13.6. The van der Waals surface area contributed by atoms with E-state index in [2.05, 4.69) is 17.2 Å². The molecule has 17 heavy (non-hydrogen) atoms. The van der Waals surface area contributed by atoms with E-state index in [1.807, 2.05) is 0 Å². The largest absolute Gasteiger partial charge is 0.348 e. The van der Waals surface area contributed by atoms with Crippen molar-refractivity contribution in [1.29, 1.82) is 0 Å². The molecule has 0 aliphatic carbocycles. The van der Waals surface area contributed by atoms with Crippen LogP contribution in [0.15, 0.2) is 18.5 Å². The van der Waals surface area contributed by atoms with Crippen molar-refractivity contribution in [2.75, 3.05) is 6.54 Å². The van der Waals surface area contributed by atoms with E-state index >= 15 is 0 Å². The van der Waals surface area contributed by atoms with Crippen molar-refractivity contribution in [3.63, 3.8) is 0 Å². The Kier molecular flexibility index (Phi) is 5.56. The number of pyridine rings is 1. The van der Waals surface area contributed by atoms with Crippen LogP contribution in [0.1, 0.15) is 36.5 Å². The van der Waals surface area contributed by atoms with E-state index in [9.17, 15) is 9.18 Å². The van der Waals surface area contributed by atoms with Crippen molar-refractivity contribution < 1.29 is 9.18 Å². The summed E-state index contributed by atoms with van der Waals surface area (Å²) in [5.41, 5.74) is 5.79. The maximum absolute atomic E-state index is 12.9. The summed E-state index contributed by atoms with van der Waals surface area (Å²) in [4.78, 5) is 15.4. The third-order valence-electron chi connectivity index (χ3n) is 2.49. The summed E-state index contributed by atoms with van der Waals surface area (Å²) in [6.45, 7) is 2.46. The van der Waals surface area contributed by atoms with Gasteiger partial charge in [0, 0.05) is 18.8 Å². The number of nitrogens with zero attached hydrogens (tertiary/aromatic N) is 1. The molecule has 0 saturated heterocycles. The van der Waals surface area contributed by atoms with Gasteiger partial charge in [-0.05, 0) is 12.5 Å². The Morgan fingerprint density at radius 3 is 2.94 bits per heavy atom. The van der Waals surface area contributed by atoms with Crippen molar-refractivity contribution >= 4 is 5.91 Å². The molecule has 0 spiro atoms. The van der Waals surface area contributed by atoms with Crippen molar-refractivity contribution in [2.24, 2.45) is 5.73 Å². The molecule has 3 N–H and O–H groups in total. The van der Waals surface area contributed by atoms with Crippen LogP contribution in [0.25, 0.3) is 0 Å². The Morgan fingerprint density at radius 1 is 1.59 bits per heavy atom. The minimum atomic E-state index is -0.518. The number of amides is 1. The third-order valence-corrected chi connectivity index (χ3v) is 2.49. The SMILES string of the molecule is CCCCC(CN)NC(=O)c1cncc(F)c1. The number of hydrogen-bond acceptors (Lipinski definition) is 3. The molecule has 1 rings (SSSR count). The van der Waals surface area contributed by atoms with Gasteiger partial charge in [0.25, 0.3) is 5.91 Å². The van der Waals surface area contributed by atoms with Gasteiger partial charge in [-0.3, -0.25) is 9.78 Å². The second-order valence-electron chi connectivity index (χ2n) is 3.94. The molecule has 0 bridgehead atoms. The summed E-state index contributed by atoms with van der Waals surface area (Å²) in [5.74, 6) is -0.848. The molecular weight excluding hydrogens is 221 g/mol. The van der Waals surface area contributed by atoms with Gasteiger partial charge in [0.2, 0.25) is 0 Å². The topological polar surface area (TPSA) is 68.0 Å². The Labute approximate surface area is 100 Å². The molecule has 5 heteroatoms. The fourth-order valence-electron chi connectivity index (χ4n) is 1.50. The van der Waals surface area contributed by atoms with E-state index in [0.29, 0.717) is 6.54 Å². The first-order chi connectivity index (χ1) is 8.17. The van der Waals surface area contributed by atoms with Crippen LogP contribution in [0, 0.1) is 5.82 Å². The summed E-state index contributed by atoms with van der Waals surface area (Å²) >= 11 is 0.